The summed E-state index contributed by atoms with van der Waals surface area (Å²) >= 11 is 12.1. The molecule has 3 nitrogen and oxygen atoms in total. The van der Waals surface area contributed by atoms with Crippen LogP contribution in [0.2, 0.25) is 10.0 Å². The third kappa shape index (κ3) is 2.65. The smallest absolute Gasteiger partial charge is 0.132 e. The quantitative estimate of drug-likeness (QED) is 0.838. The lowest BCUT2D eigenvalue weighted by Crippen LogP contribution is -2.19. The number of nitrogen functional groups attached to an aromatic ring is 1. The van der Waals surface area contributed by atoms with Gasteiger partial charge < -0.3 is 10.3 Å². The van der Waals surface area contributed by atoms with Gasteiger partial charge in [-0.05, 0) is 25.0 Å². The summed E-state index contributed by atoms with van der Waals surface area (Å²) in [5.41, 5.74) is 8.04. The number of aromatic nitrogens is 2. The fourth-order valence-corrected chi connectivity index (χ4v) is 2.83. The number of hydrogen-bond donors (Lipinski definition) is 1. The maximum Gasteiger partial charge on any atom is 0.132 e. The predicted octanol–water partition coefficient (Wildman–Crippen LogP) is 5.07. The molecule has 112 valence electrons. The molecule has 5 heteroatoms. The first-order valence-corrected chi connectivity index (χ1v) is 7.88. The van der Waals surface area contributed by atoms with Crippen LogP contribution in [-0.2, 0) is 5.41 Å². The molecule has 0 radical (unpaired) electrons. The van der Waals surface area contributed by atoms with Crippen molar-refractivity contribution in [2.75, 3.05) is 5.73 Å². The number of rotatable bonds is 2. The first-order chi connectivity index (χ1) is 9.79. The van der Waals surface area contributed by atoms with Crippen molar-refractivity contribution in [3.63, 3.8) is 0 Å². The summed E-state index contributed by atoms with van der Waals surface area (Å²) in [6.07, 6.45) is 2.34. The molecule has 0 bridgehead atoms. The highest BCUT2D eigenvalue weighted by molar-refractivity contribution is 6.42. The maximum atomic E-state index is 6.39. The van der Waals surface area contributed by atoms with Crippen molar-refractivity contribution < 1.29 is 0 Å². The minimum Gasteiger partial charge on any atom is -0.383 e. The topological polar surface area (TPSA) is 43.8 Å². The maximum absolute atomic E-state index is 6.39. The Morgan fingerprint density at radius 1 is 1.19 bits per heavy atom. The summed E-state index contributed by atoms with van der Waals surface area (Å²) in [5, 5.41) is 1.06. The van der Waals surface area contributed by atoms with E-state index in [1.165, 1.54) is 12.8 Å². The van der Waals surface area contributed by atoms with Gasteiger partial charge in [-0.3, -0.25) is 0 Å². The van der Waals surface area contributed by atoms with Crippen LogP contribution in [0, 0.1) is 0 Å². The first kappa shape index (κ1) is 14.7. The van der Waals surface area contributed by atoms with Gasteiger partial charge in [0.2, 0.25) is 0 Å². The lowest BCUT2D eigenvalue weighted by atomic mass is 9.95. The summed E-state index contributed by atoms with van der Waals surface area (Å²) in [4.78, 5) is 4.82. The Hall–Kier alpha value is -1.19. The van der Waals surface area contributed by atoms with Crippen LogP contribution >= 0.6 is 23.2 Å². The fourth-order valence-electron chi connectivity index (χ4n) is 2.53. The summed E-state index contributed by atoms with van der Waals surface area (Å²) in [6, 6.07) is 6.01. The summed E-state index contributed by atoms with van der Waals surface area (Å²) in [5.74, 6) is 1.75. The van der Waals surface area contributed by atoms with Gasteiger partial charge in [0, 0.05) is 17.0 Å². The SMILES string of the molecule is CC(C)(C)c1nc(-c2ccc(Cl)c(Cl)c2)c(N)n1C1CC1. The van der Waals surface area contributed by atoms with Crippen LogP contribution in [0.15, 0.2) is 18.2 Å². The average Bonchev–Trinajstić information content (AvgIpc) is 3.15. The van der Waals surface area contributed by atoms with E-state index >= 15 is 0 Å². The number of anilines is 1. The van der Waals surface area contributed by atoms with Gasteiger partial charge in [0.15, 0.2) is 0 Å². The van der Waals surface area contributed by atoms with Gasteiger partial charge in [-0.2, -0.15) is 0 Å². The fraction of sp³-hybridized carbons (Fsp3) is 0.438. The van der Waals surface area contributed by atoms with Crippen molar-refractivity contribution in [1.82, 2.24) is 9.55 Å². The van der Waals surface area contributed by atoms with Gasteiger partial charge in [0.05, 0.1) is 10.0 Å². The highest BCUT2D eigenvalue weighted by atomic mass is 35.5. The van der Waals surface area contributed by atoms with Crippen LogP contribution in [0.5, 0.6) is 0 Å². The summed E-state index contributed by atoms with van der Waals surface area (Å²) < 4.78 is 2.19. The zero-order chi connectivity index (χ0) is 15.4. The molecule has 3 rings (SSSR count). The van der Waals surface area contributed by atoms with Crippen LogP contribution in [-0.4, -0.2) is 9.55 Å². The third-order valence-electron chi connectivity index (χ3n) is 3.72. The number of benzene rings is 1. The highest BCUT2D eigenvalue weighted by Gasteiger charge is 2.34. The molecule has 1 saturated carbocycles. The summed E-state index contributed by atoms with van der Waals surface area (Å²) in [6.45, 7) is 6.48. The second-order valence-corrected chi connectivity index (χ2v) is 7.46. The van der Waals surface area contributed by atoms with E-state index in [2.05, 4.69) is 25.3 Å². The normalized spacial score (nSPS) is 15.5. The van der Waals surface area contributed by atoms with Crippen LogP contribution in [0.4, 0.5) is 5.82 Å². The van der Waals surface area contributed by atoms with Gasteiger partial charge in [-0.25, -0.2) is 4.98 Å². The van der Waals surface area contributed by atoms with Crippen LogP contribution in [0.25, 0.3) is 11.3 Å². The molecule has 2 N–H and O–H groups in total. The molecule has 0 saturated heterocycles. The molecule has 0 amide bonds. The van der Waals surface area contributed by atoms with Crippen LogP contribution in [0.1, 0.15) is 45.5 Å². The van der Waals surface area contributed by atoms with Crippen LogP contribution < -0.4 is 5.73 Å². The molecule has 1 heterocycles. The van der Waals surface area contributed by atoms with Crippen molar-refractivity contribution in [2.45, 2.75) is 45.1 Å². The van der Waals surface area contributed by atoms with Gasteiger partial charge in [-0.1, -0.05) is 50.0 Å². The Kier molecular flexibility index (Phi) is 3.45. The molecule has 1 aliphatic carbocycles. The molecule has 1 aromatic heterocycles. The average molecular weight is 324 g/mol. The Morgan fingerprint density at radius 2 is 1.86 bits per heavy atom. The first-order valence-electron chi connectivity index (χ1n) is 7.12. The highest BCUT2D eigenvalue weighted by Crippen LogP contribution is 2.43. The minimum absolute atomic E-state index is 0.0504. The predicted molar refractivity (Wildman–Crippen MR) is 89.1 cm³/mol. The van der Waals surface area contributed by atoms with Crippen molar-refractivity contribution in [3.8, 4) is 11.3 Å². The Labute approximate surface area is 135 Å². The molecule has 1 aromatic carbocycles. The molecule has 0 atom stereocenters. The second kappa shape index (κ2) is 4.92. The molecule has 0 unspecified atom stereocenters. The molecule has 21 heavy (non-hydrogen) atoms. The number of hydrogen-bond acceptors (Lipinski definition) is 2. The van der Waals surface area contributed by atoms with E-state index in [1.807, 2.05) is 12.1 Å². The number of nitrogens with zero attached hydrogens (tertiary/aromatic N) is 2. The zero-order valence-electron chi connectivity index (χ0n) is 12.5. The zero-order valence-corrected chi connectivity index (χ0v) is 14.0. The van der Waals surface area contributed by atoms with E-state index in [9.17, 15) is 0 Å². The Balaban J connectivity index is 2.17. The molecule has 0 spiro atoms. The number of nitrogens with two attached hydrogens (primary N) is 1. The van der Waals surface area contributed by atoms with Crippen molar-refractivity contribution in [2.24, 2.45) is 0 Å². The van der Waals surface area contributed by atoms with E-state index in [1.54, 1.807) is 6.07 Å². The molecule has 0 aliphatic heterocycles. The summed E-state index contributed by atoms with van der Waals surface area (Å²) in [7, 11) is 0. The monoisotopic (exact) mass is 323 g/mol. The molecule has 2 aromatic rings. The molecular formula is C16H19Cl2N3. The largest absolute Gasteiger partial charge is 0.383 e. The van der Waals surface area contributed by atoms with E-state index in [0.717, 1.165) is 22.9 Å². The third-order valence-corrected chi connectivity index (χ3v) is 4.46. The van der Waals surface area contributed by atoms with Crippen molar-refractivity contribution in [1.29, 1.82) is 0 Å². The van der Waals surface area contributed by atoms with Crippen LogP contribution in [0.3, 0.4) is 0 Å². The lowest BCUT2D eigenvalue weighted by molar-refractivity contribution is 0.504. The van der Waals surface area contributed by atoms with Gasteiger partial charge in [0.1, 0.15) is 17.3 Å². The molecule has 1 fully saturated rings. The molecular weight excluding hydrogens is 305 g/mol. The van der Waals surface area contributed by atoms with Crippen molar-refractivity contribution >= 4 is 29.0 Å². The Bertz CT molecular complexity index is 694. The second-order valence-electron chi connectivity index (χ2n) is 6.65. The molecule has 1 aliphatic rings. The van der Waals surface area contributed by atoms with Gasteiger partial charge in [0.25, 0.3) is 0 Å². The van der Waals surface area contributed by atoms with Gasteiger partial charge in [-0.15, -0.1) is 0 Å². The minimum atomic E-state index is -0.0504. The van der Waals surface area contributed by atoms with E-state index in [-0.39, 0.29) is 5.41 Å². The van der Waals surface area contributed by atoms with E-state index in [4.69, 9.17) is 33.9 Å². The lowest BCUT2D eigenvalue weighted by Gasteiger charge is -2.20. The Morgan fingerprint density at radius 3 is 2.38 bits per heavy atom. The van der Waals surface area contributed by atoms with Crippen molar-refractivity contribution in [3.05, 3.63) is 34.1 Å². The number of halogens is 2. The van der Waals surface area contributed by atoms with Gasteiger partial charge >= 0.3 is 0 Å². The standard InChI is InChI=1S/C16H19Cl2N3/c1-16(2,3)15-20-13(14(19)21(15)10-5-6-10)9-4-7-11(17)12(18)8-9/h4,7-8,10H,5-6,19H2,1-3H3. The number of imidazole rings is 1. The van der Waals surface area contributed by atoms with E-state index < -0.39 is 0 Å². The van der Waals surface area contributed by atoms with E-state index in [0.29, 0.717) is 16.1 Å².